The molecule has 5 rings (SSSR count). The summed E-state index contributed by atoms with van der Waals surface area (Å²) in [4.78, 5) is 13.1. The van der Waals surface area contributed by atoms with Crippen molar-refractivity contribution in [3.05, 3.63) is 29.8 Å². The molecule has 4 aliphatic carbocycles. The molecule has 33 heavy (non-hydrogen) atoms. The van der Waals surface area contributed by atoms with Crippen molar-refractivity contribution in [2.24, 2.45) is 17.8 Å². The quantitative estimate of drug-likeness (QED) is 0.305. The number of rotatable bonds is 6. The van der Waals surface area contributed by atoms with Crippen molar-refractivity contribution >= 4 is 27.6 Å². The summed E-state index contributed by atoms with van der Waals surface area (Å²) in [6, 6.07) is 8.15. The highest BCUT2D eigenvalue weighted by Gasteiger charge is 2.44. The maximum atomic E-state index is 12.6. The van der Waals surface area contributed by atoms with Crippen LogP contribution in [0.25, 0.3) is 0 Å². The second-order valence-electron chi connectivity index (χ2n) is 11.5. The Bertz CT molecular complexity index is 781. The predicted octanol–water partition coefficient (Wildman–Crippen LogP) is 8.27. The van der Waals surface area contributed by atoms with Crippen molar-refractivity contribution < 1.29 is 9.53 Å². The molecular weight excluding hydrogens is 474 g/mol. The third-order valence-electron chi connectivity index (χ3n) is 9.43. The minimum atomic E-state index is -0.174. The molecule has 0 spiro atoms. The second kappa shape index (κ2) is 10.7. The van der Waals surface area contributed by atoms with Crippen molar-refractivity contribution in [3.8, 4) is 0 Å². The molecule has 3 nitrogen and oxygen atoms in total. The second-order valence-corrected chi connectivity index (χ2v) is 12.8. The van der Waals surface area contributed by atoms with Crippen LogP contribution in [0.3, 0.4) is 0 Å². The fourth-order valence-electron chi connectivity index (χ4n) is 7.56. The standard InChI is InChI=1S/C29H42BrNO2/c30-25-13-16-27(20-25)33-28(32)22-10-14-26(15-11-22)31-29(17-5-2-6-18-29)24-12-9-23(19-24)21-7-3-1-4-8-21/h10-11,14-15,21,23-25,27,31H,1-9,12-13,16-20H2. The van der Waals surface area contributed by atoms with Crippen molar-refractivity contribution in [2.45, 2.75) is 119 Å². The van der Waals surface area contributed by atoms with Crippen molar-refractivity contribution in [2.75, 3.05) is 5.32 Å². The van der Waals surface area contributed by atoms with E-state index in [1.165, 1.54) is 89.2 Å². The summed E-state index contributed by atoms with van der Waals surface area (Å²) < 4.78 is 5.74. The zero-order valence-electron chi connectivity index (χ0n) is 20.2. The van der Waals surface area contributed by atoms with E-state index in [4.69, 9.17) is 4.74 Å². The average molecular weight is 517 g/mol. The highest BCUT2D eigenvalue weighted by molar-refractivity contribution is 9.09. The Morgan fingerprint density at radius 3 is 2.24 bits per heavy atom. The zero-order chi connectivity index (χ0) is 22.7. The molecule has 182 valence electrons. The van der Waals surface area contributed by atoms with Crippen molar-refractivity contribution in [3.63, 3.8) is 0 Å². The molecule has 0 aliphatic heterocycles. The Hall–Kier alpha value is -1.03. The maximum Gasteiger partial charge on any atom is 0.338 e. The Morgan fingerprint density at radius 1 is 0.818 bits per heavy atom. The molecule has 0 bridgehead atoms. The van der Waals surface area contributed by atoms with Gasteiger partial charge >= 0.3 is 5.97 Å². The smallest absolute Gasteiger partial charge is 0.338 e. The van der Waals surface area contributed by atoms with Gasteiger partial charge in [0.05, 0.1) is 5.56 Å². The van der Waals surface area contributed by atoms with Gasteiger partial charge in [-0.3, -0.25) is 0 Å². The first kappa shape index (κ1) is 23.7. The first-order valence-electron chi connectivity index (χ1n) is 13.8. The number of carbonyl (C=O) groups excluding carboxylic acids is 1. The summed E-state index contributed by atoms with van der Waals surface area (Å²) in [7, 11) is 0. The Morgan fingerprint density at radius 2 is 1.55 bits per heavy atom. The van der Waals surface area contributed by atoms with Crippen LogP contribution in [-0.2, 0) is 4.74 Å². The number of hydrogen-bond donors (Lipinski definition) is 1. The number of halogens is 1. The molecule has 0 aromatic heterocycles. The Kier molecular flexibility index (Phi) is 7.69. The van der Waals surface area contributed by atoms with Crippen LogP contribution < -0.4 is 5.32 Å². The van der Waals surface area contributed by atoms with Gasteiger partial charge in [-0.05, 0) is 93.4 Å². The van der Waals surface area contributed by atoms with Gasteiger partial charge in [-0.2, -0.15) is 0 Å². The van der Waals surface area contributed by atoms with Gasteiger partial charge in [0.15, 0.2) is 0 Å². The number of benzene rings is 1. The van der Waals surface area contributed by atoms with Gasteiger partial charge in [0.1, 0.15) is 6.10 Å². The molecule has 1 aromatic carbocycles. The van der Waals surface area contributed by atoms with E-state index in [-0.39, 0.29) is 17.6 Å². The first-order valence-corrected chi connectivity index (χ1v) is 14.8. The van der Waals surface area contributed by atoms with E-state index in [1.807, 2.05) is 12.1 Å². The van der Waals surface area contributed by atoms with Gasteiger partial charge in [0, 0.05) is 16.1 Å². The van der Waals surface area contributed by atoms with Gasteiger partial charge in [0.25, 0.3) is 0 Å². The van der Waals surface area contributed by atoms with E-state index in [0.29, 0.717) is 10.4 Å². The van der Waals surface area contributed by atoms with E-state index < -0.39 is 0 Å². The molecular formula is C29H42BrNO2. The van der Waals surface area contributed by atoms with E-state index in [2.05, 4.69) is 33.4 Å². The average Bonchev–Trinajstić information content (AvgIpc) is 3.50. The summed E-state index contributed by atoms with van der Waals surface area (Å²) in [6.45, 7) is 0. The first-order chi connectivity index (χ1) is 16.1. The number of carbonyl (C=O) groups is 1. The number of alkyl halides is 1. The molecule has 1 N–H and O–H groups in total. The fourth-order valence-corrected chi connectivity index (χ4v) is 8.24. The minimum Gasteiger partial charge on any atom is -0.459 e. The van der Waals surface area contributed by atoms with Gasteiger partial charge in [-0.15, -0.1) is 0 Å². The number of esters is 1. The molecule has 0 radical (unpaired) electrons. The number of nitrogens with one attached hydrogen (secondary N) is 1. The minimum absolute atomic E-state index is 0.0599. The summed E-state index contributed by atoms with van der Waals surface area (Å²) in [5.74, 6) is 2.58. The van der Waals surface area contributed by atoms with Crippen LogP contribution in [0.1, 0.15) is 113 Å². The Balaban J connectivity index is 1.23. The van der Waals surface area contributed by atoms with Crippen LogP contribution in [0.5, 0.6) is 0 Å². The lowest BCUT2D eigenvalue weighted by atomic mass is 9.70. The Labute approximate surface area is 208 Å². The van der Waals surface area contributed by atoms with Gasteiger partial charge in [-0.1, -0.05) is 67.3 Å². The van der Waals surface area contributed by atoms with Gasteiger partial charge < -0.3 is 10.1 Å². The lowest BCUT2D eigenvalue weighted by molar-refractivity contribution is 0.0319. The third kappa shape index (κ3) is 5.63. The largest absolute Gasteiger partial charge is 0.459 e. The van der Waals surface area contributed by atoms with Crippen LogP contribution in [0, 0.1) is 17.8 Å². The molecule has 0 amide bonds. The topological polar surface area (TPSA) is 38.3 Å². The molecule has 4 aliphatic rings. The lowest BCUT2D eigenvalue weighted by Crippen LogP contribution is -2.46. The molecule has 0 saturated heterocycles. The summed E-state index contributed by atoms with van der Waals surface area (Å²) in [6.07, 6.45) is 21.3. The molecule has 1 aromatic rings. The number of ether oxygens (including phenoxy) is 1. The highest BCUT2D eigenvalue weighted by Crippen LogP contribution is 2.50. The molecule has 0 heterocycles. The molecule has 4 saturated carbocycles. The van der Waals surface area contributed by atoms with Crippen LogP contribution in [0.15, 0.2) is 24.3 Å². The van der Waals surface area contributed by atoms with E-state index in [0.717, 1.165) is 37.0 Å². The van der Waals surface area contributed by atoms with Gasteiger partial charge in [0.2, 0.25) is 0 Å². The normalized spacial score (nSPS) is 32.5. The van der Waals surface area contributed by atoms with Gasteiger partial charge in [-0.25, -0.2) is 4.79 Å². The summed E-state index contributed by atoms with van der Waals surface area (Å²) in [5, 5.41) is 4.05. The molecule has 4 heteroatoms. The molecule has 4 atom stereocenters. The number of anilines is 1. The predicted molar refractivity (Wildman–Crippen MR) is 139 cm³/mol. The lowest BCUT2D eigenvalue weighted by Gasteiger charge is -2.44. The summed E-state index contributed by atoms with van der Waals surface area (Å²) in [5.41, 5.74) is 2.10. The van der Waals surface area contributed by atoms with E-state index >= 15 is 0 Å². The van der Waals surface area contributed by atoms with Crippen LogP contribution in [-0.4, -0.2) is 22.4 Å². The zero-order valence-corrected chi connectivity index (χ0v) is 21.8. The van der Waals surface area contributed by atoms with Crippen LogP contribution in [0.2, 0.25) is 0 Å². The fraction of sp³-hybridized carbons (Fsp3) is 0.759. The number of hydrogen-bond acceptors (Lipinski definition) is 3. The molecule has 4 unspecified atom stereocenters. The van der Waals surface area contributed by atoms with Crippen molar-refractivity contribution in [1.82, 2.24) is 0 Å². The highest BCUT2D eigenvalue weighted by atomic mass is 79.9. The molecule has 4 fully saturated rings. The summed E-state index contributed by atoms with van der Waals surface area (Å²) >= 11 is 3.64. The third-order valence-corrected chi connectivity index (χ3v) is 10.3. The van der Waals surface area contributed by atoms with Crippen LogP contribution >= 0.6 is 15.9 Å². The maximum absolute atomic E-state index is 12.6. The van der Waals surface area contributed by atoms with E-state index in [9.17, 15) is 4.79 Å². The van der Waals surface area contributed by atoms with Crippen molar-refractivity contribution in [1.29, 1.82) is 0 Å². The SMILES string of the molecule is O=C(OC1CCC(Br)C1)c1ccc(NC2(C3CCC(C4CCCCC4)C3)CCCCC2)cc1. The van der Waals surface area contributed by atoms with Crippen LogP contribution in [0.4, 0.5) is 5.69 Å². The van der Waals surface area contributed by atoms with E-state index in [1.54, 1.807) is 0 Å². The monoisotopic (exact) mass is 515 g/mol.